The molecule has 0 aliphatic carbocycles. The van der Waals surface area contributed by atoms with Gasteiger partial charge in [-0.05, 0) is 30.7 Å². The Morgan fingerprint density at radius 3 is 2.85 bits per heavy atom. The summed E-state index contributed by atoms with van der Waals surface area (Å²) in [6.45, 7) is 2.80. The average Bonchev–Trinajstić information content (AvgIpc) is 2.41. The lowest BCUT2D eigenvalue weighted by atomic mass is 10.2. The van der Waals surface area contributed by atoms with E-state index in [0.717, 1.165) is 11.1 Å². The second kappa shape index (κ2) is 6.34. The Labute approximate surface area is 122 Å². The van der Waals surface area contributed by atoms with E-state index < -0.39 is 0 Å². The molecule has 4 nitrogen and oxygen atoms in total. The summed E-state index contributed by atoms with van der Waals surface area (Å²) in [6.07, 6.45) is 1.77. The summed E-state index contributed by atoms with van der Waals surface area (Å²) in [6, 6.07) is 10.8. The van der Waals surface area contributed by atoms with Crippen LogP contribution >= 0.6 is 12.2 Å². The molecule has 2 aromatic rings. The van der Waals surface area contributed by atoms with Crippen LogP contribution in [0.15, 0.2) is 47.4 Å². The molecule has 104 valence electrons. The summed E-state index contributed by atoms with van der Waals surface area (Å²) in [5.74, 6) is 0.690. The van der Waals surface area contributed by atoms with E-state index in [4.69, 9.17) is 22.7 Å². The molecule has 0 spiro atoms. The largest absolute Gasteiger partial charge is 0.492 e. The van der Waals surface area contributed by atoms with E-state index in [-0.39, 0.29) is 5.56 Å². The maximum Gasteiger partial charge on any atom is 0.250 e. The number of ether oxygens (including phenoxy) is 1. The van der Waals surface area contributed by atoms with Crippen molar-refractivity contribution in [1.82, 2.24) is 4.57 Å². The van der Waals surface area contributed by atoms with Crippen LogP contribution in [0.4, 0.5) is 0 Å². The molecule has 0 bridgehead atoms. The molecule has 5 heteroatoms. The molecular formula is C15H16N2O2S. The van der Waals surface area contributed by atoms with Crippen LogP contribution in [0.1, 0.15) is 11.1 Å². The topological polar surface area (TPSA) is 57.2 Å². The molecular weight excluding hydrogens is 272 g/mol. The van der Waals surface area contributed by atoms with Crippen molar-refractivity contribution in [2.24, 2.45) is 5.73 Å². The third kappa shape index (κ3) is 3.68. The molecule has 2 rings (SSSR count). The van der Waals surface area contributed by atoms with Crippen LogP contribution in [0, 0.1) is 6.92 Å². The van der Waals surface area contributed by atoms with Gasteiger partial charge in [0.1, 0.15) is 17.3 Å². The number of nitrogens with two attached hydrogens (primary N) is 1. The van der Waals surface area contributed by atoms with Crippen molar-refractivity contribution in [3.8, 4) is 5.75 Å². The number of hydrogen-bond acceptors (Lipinski definition) is 3. The van der Waals surface area contributed by atoms with Crippen molar-refractivity contribution in [1.29, 1.82) is 0 Å². The van der Waals surface area contributed by atoms with Gasteiger partial charge in [0.15, 0.2) is 0 Å². The summed E-state index contributed by atoms with van der Waals surface area (Å²) < 4.78 is 7.23. The van der Waals surface area contributed by atoms with Crippen LogP contribution in [-0.4, -0.2) is 16.2 Å². The van der Waals surface area contributed by atoms with Crippen molar-refractivity contribution in [2.75, 3.05) is 6.61 Å². The van der Waals surface area contributed by atoms with E-state index in [9.17, 15) is 4.79 Å². The second-order valence-corrected chi connectivity index (χ2v) is 4.92. The summed E-state index contributed by atoms with van der Waals surface area (Å²) >= 11 is 4.92. The van der Waals surface area contributed by atoms with Crippen molar-refractivity contribution < 1.29 is 4.74 Å². The Bertz CT molecular complexity index is 680. The fourth-order valence-electron chi connectivity index (χ4n) is 1.79. The normalized spacial score (nSPS) is 10.2. The molecule has 0 saturated carbocycles. The first-order valence-electron chi connectivity index (χ1n) is 6.26. The molecule has 0 aliphatic heterocycles. The summed E-state index contributed by atoms with van der Waals surface area (Å²) in [5, 5.41) is 0. The fourth-order valence-corrected chi connectivity index (χ4v) is 1.92. The van der Waals surface area contributed by atoms with Crippen LogP contribution in [0.2, 0.25) is 0 Å². The highest BCUT2D eigenvalue weighted by atomic mass is 32.1. The lowest BCUT2D eigenvalue weighted by Gasteiger charge is -2.09. The van der Waals surface area contributed by atoms with E-state index in [1.807, 2.05) is 31.2 Å². The number of benzene rings is 1. The van der Waals surface area contributed by atoms with Crippen LogP contribution in [0.3, 0.4) is 0 Å². The number of aromatic nitrogens is 1. The van der Waals surface area contributed by atoms with Gasteiger partial charge in [0.2, 0.25) is 0 Å². The van der Waals surface area contributed by atoms with Crippen LogP contribution in [0.25, 0.3) is 0 Å². The van der Waals surface area contributed by atoms with Crippen LogP contribution in [-0.2, 0) is 6.54 Å². The van der Waals surface area contributed by atoms with Crippen molar-refractivity contribution in [2.45, 2.75) is 13.5 Å². The van der Waals surface area contributed by atoms with Gasteiger partial charge in [0.25, 0.3) is 5.56 Å². The number of nitrogens with zero attached hydrogens (tertiary/aromatic N) is 1. The zero-order chi connectivity index (χ0) is 14.5. The minimum Gasteiger partial charge on any atom is -0.492 e. The van der Waals surface area contributed by atoms with E-state index in [0.29, 0.717) is 23.9 Å². The monoisotopic (exact) mass is 288 g/mol. The Morgan fingerprint density at radius 2 is 2.15 bits per heavy atom. The van der Waals surface area contributed by atoms with Crippen LogP contribution in [0.5, 0.6) is 5.75 Å². The average molecular weight is 288 g/mol. The Kier molecular flexibility index (Phi) is 4.53. The Morgan fingerprint density at radius 1 is 1.35 bits per heavy atom. The Hall–Kier alpha value is -2.14. The van der Waals surface area contributed by atoms with E-state index in [2.05, 4.69) is 0 Å². The first-order chi connectivity index (χ1) is 9.56. The molecule has 0 amide bonds. The number of rotatable bonds is 5. The highest BCUT2D eigenvalue weighted by Gasteiger charge is 2.00. The zero-order valence-electron chi connectivity index (χ0n) is 11.2. The Balaban J connectivity index is 1.97. The zero-order valence-corrected chi connectivity index (χ0v) is 12.0. The smallest absolute Gasteiger partial charge is 0.250 e. The van der Waals surface area contributed by atoms with Gasteiger partial charge in [-0.2, -0.15) is 0 Å². The molecule has 0 aliphatic rings. The molecule has 0 fully saturated rings. The highest BCUT2D eigenvalue weighted by molar-refractivity contribution is 7.80. The summed E-state index contributed by atoms with van der Waals surface area (Å²) in [4.78, 5) is 12.0. The van der Waals surface area contributed by atoms with E-state index in [1.54, 1.807) is 22.9 Å². The molecule has 2 N–H and O–H groups in total. The van der Waals surface area contributed by atoms with Crippen molar-refractivity contribution >= 4 is 17.2 Å². The molecule has 0 saturated heterocycles. The van der Waals surface area contributed by atoms with Gasteiger partial charge in [0, 0.05) is 17.8 Å². The van der Waals surface area contributed by atoms with Gasteiger partial charge in [-0.25, -0.2) is 0 Å². The summed E-state index contributed by atoms with van der Waals surface area (Å²) in [7, 11) is 0. The first-order valence-corrected chi connectivity index (χ1v) is 6.67. The highest BCUT2D eigenvalue weighted by Crippen LogP contribution is 2.13. The maximum absolute atomic E-state index is 11.7. The summed E-state index contributed by atoms with van der Waals surface area (Å²) in [5.41, 5.74) is 7.27. The third-order valence-corrected chi connectivity index (χ3v) is 3.11. The van der Waals surface area contributed by atoms with Crippen LogP contribution < -0.4 is 16.0 Å². The molecule has 20 heavy (non-hydrogen) atoms. The van der Waals surface area contributed by atoms with Gasteiger partial charge >= 0.3 is 0 Å². The lowest BCUT2D eigenvalue weighted by molar-refractivity contribution is 0.296. The second-order valence-electron chi connectivity index (χ2n) is 4.48. The van der Waals surface area contributed by atoms with Gasteiger partial charge < -0.3 is 15.0 Å². The molecule has 0 unspecified atom stereocenters. The van der Waals surface area contributed by atoms with Gasteiger partial charge in [-0.3, -0.25) is 4.79 Å². The van der Waals surface area contributed by atoms with Gasteiger partial charge in [0.05, 0.1) is 6.54 Å². The van der Waals surface area contributed by atoms with Crippen molar-refractivity contribution in [3.05, 3.63) is 64.1 Å². The van der Waals surface area contributed by atoms with Gasteiger partial charge in [-0.1, -0.05) is 24.4 Å². The molecule has 1 aromatic heterocycles. The van der Waals surface area contributed by atoms with Gasteiger partial charge in [-0.15, -0.1) is 0 Å². The number of thiocarbonyl (C=S) groups is 1. The minimum absolute atomic E-state index is 0.0227. The van der Waals surface area contributed by atoms with E-state index >= 15 is 0 Å². The van der Waals surface area contributed by atoms with E-state index in [1.165, 1.54) is 0 Å². The standard InChI is InChI=1S/C15H16N2O2S/c1-11-5-6-17(14(18)9-11)7-8-19-13-4-2-3-12(10-13)15(16)20/h2-6,9-10H,7-8H2,1H3,(H2,16,20). The maximum atomic E-state index is 11.7. The molecule has 1 heterocycles. The quantitative estimate of drug-likeness (QED) is 0.853. The SMILES string of the molecule is Cc1ccn(CCOc2cccc(C(N)=S)c2)c(=O)c1. The lowest BCUT2D eigenvalue weighted by Crippen LogP contribution is -2.22. The number of hydrogen-bond donors (Lipinski definition) is 1. The molecule has 0 atom stereocenters. The first kappa shape index (κ1) is 14.3. The predicted octanol–water partition coefficient (Wildman–Crippen LogP) is 1.87. The number of aryl methyl sites for hydroxylation is 1. The third-order valence-electron chi connectivity index (χ3n) is 2.87. The molecule has 0 radical (unpaired) electrons. The predicted molar refractivity (Wildman–Crippen MR) is 83.3 cm³/mol. The minimum atomic E-state index is -0.0227. The number of pyridine rings is 1. The van der Waals surface area contributed by atoms with Crippen molar-refractivity contribution in [3.63, 3.8) is 0 Å². The molecule has 1 aromatic carbocycles. The fraction of sp³-hybridized carbons (Fsp3) is 0.200.